The van der Waals surface area contributed by atoms with Crippen molar-refractivity contribution in [3.63, 3.8) is 0 Å². The summed E-state index contributed by atoms with van der Waals surface area (Å²) in [5, 5.41) is 5.90. The first-order chi connectivity index (χ1) is 9.33. The molecule has 8 heteroatoms. The van der Waals surface area contributed by atoms with Gasteiger partial charge in [-0.1, -0.05) is 18.5 Å². The molecule has 1 rings (SSSR count). The summed E-state index contributed by atoms with van der Waals surface area (Å²) in [6.45, 7) is 2.82. The summed E-state index contributed by atoms with van der Waals surface area (Å²) in [4.78, 5) is 15.9. The summed E-state index contributed by atoms with van der Waals surface area (Å²) in [7, 11) is -3.09. The molecule has 1 heterocycles. The predicted molar refractivity (Wildman–Crippen MR) is 80.1 cm³/mol. The molecule has 0 radical (unpaired) electrons. The lowest BCUT2D eigenvalue weighted by Crippen LogP contribution is -2.28. The van der Waals surface area contributed by atoms with Gasteiger partial charge in [-0.3, -0.25) is 4.79 Å². The maximum absolute atomic E-state index is 11.8. The van der Waals surface area contributed by atoms with Crippen molar-refractivity contribution in [2.75, 3.05) is 30.4 Å². The Hall–Kier alpha value is -1.34. The number of rotatable bonds is 7. The van der Waals surface area contributed by atoms with Gasteiger partial charge in [-0.25, -0.2) is 13.4 Å². The smallest absolute Gasteiger partial charge is 0.252 e. The lowest BCUT2D eigenvalue weighted by atomic mass is 10.2. The third-order valence-corrected chi connectivity index (χ3v) is 3.64. The van der Waals surface area contributed by atoms with E-state index in [0.717, 1.165) is 19.2 Å². The van der Waals surface area contributed by atoms with Crippen LogP contribution < -0.4 is 10.6 Å². The van der Waals surface area contributed by atoms with Crippen molar-refractivity contribution in [2.24, 2.45) is 0 Å². The standard InChI is InChI=1S/C12H18ClN3O3S/c1-3-4-14-11-10(13)7-9(8-16-11)12(17)15-5-6-20(2,18)19/h7-8H,3-6H2,1-2H3,(H,14,16)(H,15,17). The summed E-state index contributed by atoms with van der Waals surface area (Å²) in [5.74, 6) is 0.0297. The minimum Gasteiger partial charge on any atom is -0.369 e. The molecular formula is C12H18ClN3O3S. The number of amides is 1. The third-order valence-electron chi connectivity index (χ3n) is 2.40. The monoisotopic (exact) mass is 319 g/mol. The van der Waals surface area contributed by atoms with E-state index < -0.39 is 15.7 Å². The quantitative estimate of drug-likeness (QED) is 0.791. The summed E-state index contributed by atoms with van der Waals surface area (Å²) in [6.07, 6.45) is 3.46. The van der Waals surface area contributed by atoms with E-state index >= 15 is 0 Å². The van der Waals surface area contributed by atoms with Crippen LogP contribution in [0.5, 0.6) is 0 Å². The number of hydrogen-bond acceptors (Lipinski definition) is 5. The second-order valence-corrected chi connectivity index (χ2v) is 7.03. The minimum absolute atomic E-state index is 0.0606. The summed E-state index contributed by atoms with van der Waals surface area (Å²) in [6, 6.07) is 1.50. The first-order valence-corrected chi connectivity index (χ1v) is 8.62. The van der Waals surface area contributed by atoms with E-state index in [2.05, 4.69) is 15.6 Å². The zero-order chi connectivity index (χ0) is 15.2. The van der Waals surface area contributed by atoms with Crippen molar-refractivity contribution in [3.05, 3.63) is 22.8 Å². The van der Waals surface area contributed by atoms with Gasteiger partial charge in [0.25, 0.3) is 5.91 Å². The van der Waals surface area contributed by atoms with E-state index in [0.29, 0.717) is 16.4 Å². The number of carbonyl (C=O) groups excluding carboxylic acids is 1. The van der Waals surface area contributed by atoms with Crippen LogP contribution in [0.1, 0.15) is 23.7 Å². The number of anilines is 1. The van der Waals surface area contributed by atoms with E-state index in [-0.39, 0.29) is 12.3 Å². The summed E-state index contributed by atoms with van der Waals surface area (Å²) >= 11 is 6.01. The van der Waals surface area contributed by atoms with E-state index in [4.69, 9.17) is 11.6 Å². The van der Waals surface area contributed by atoms with Crippen molar-refractivity contribution in [3.8, 4) is 0 Å². The number of pyridine rings is 1. The van der Waals surface area contributed by atoms with Gasteiger partial charge in [-0.2, -0.15) is 0 Å². The van der Waals surface area contributed by atoms with Crippen LogP contribution in [0.15, 0.2) is 12.3 Å². The van der Waals surface area contributed by atoms with Gasteiger partial charge in [0.2, 0.25) is 0 Å². The third kappa shape index (κ3) is 5.75. The Kier molecular flexibility index (Phi) is 6.22. The Morgan fingerprint density at radius 2 is 2.10 bits per heavy atom. The zero-order valence-corrected chi connectivity index (χ0v) is 13.0. The van der Waals surface area contributed by atoms with E-state index in [1.54, 1.807) is 0 Å². The van der Waals surface area contributed by atoms with Gasteiger partial charge in [-0.15, -0.1) is 0 Å². The first kappa shape index (κ1) is 16.7. The van der Waals surface area contributed by atoms with Crippen molar-refractivity contribution < 1.29 is 13.2 Å². The van der Waals surface area contributed by atoms with Crippen LogP contribution in [0.25, 0.3) is 0 Å². The first-order valence-electron chi connectivity index (χ1n) is 6.19. The highest BCUT2D eigenvalue weighted by Crippen LogP contribution is 2.19. The van der Waals surface area contributed by atoms with Crippen LogP contribution in [-0.4, -0.2) is 44.4 Å². The van der Waals surface area contributed by atoms with Crippen molar-refractivity contribution in [1.29, 1.82) is 0 Å². The van der Waals surface area contributed by atoms with Gasteiger partial charge >= 0.3 is 0 Å². The maximum Gasteiger partial charge on any atom is 0.252 e. The van der Waals surface area contributed by atoms with Crippen molar-refractivity contribution in [1.82, 2.24) is 10.3 Å². The lowest BCUT2D eigenvalue weighted by molar-refractivity contribution is 0.0956. The fraction of sp³-hybridized carbons (Fsp3) is 0.500. The number of hydrogen-bond donors (Lipinski definition) is 2. The molecule has 0 saturated carbocycles. The van der Waals surface area contributed by atoms with Crippen LogP contribution in [0.3, 0.4) is 0 Å². The summed E-state index contributed by atoms with van der Waals surface area (Å²) in [5.41, 5.74) is 0.297. The largest absolute Gasteiger partial charge is 0.369 e. The molecule has 0 aromatic carbocycles. The molecule has 0 aliphatic carbocycles. The Labute approximate surface area is 123 Å². The molecule has 20 heavy (non-hydrogen) atoms. The van der Waals surface area contributed by atoms with E-state index in [1.165, 1.54) is 12.3 Å². The minimum atomic E-state index is -3.09. The fourth-order valence-corrected chi connectivity index (χ4v) is 2.09. The van der Waals surface area contributed by atoms with Gasteiger partial charge in [0.05, 0.1) is 16.3 Å². The van der Waals surface area contributed by atoms with Gasteiger partial charge in [0, 0.05) is 25.5 Å². The molecule has 1 amide bonds. The van der Waals surface area contributed by atoms with Crippen LogP contribution in [0.4, 0.5) is 5.82 Å². The topological polar surface area (TPSA) is 88.2 Å². The normalized spacial score (nSPS) is 11.2. The number of halogens is 1. The number of aromatic nitrogens is 1. The number of nitrogens with zero attached hydrogens (tertiary/aromatic N) is 1. The fourth-order valence-electron chi connectivity index (χ4n) is 1.39. The van der Waals surface area contributed by atoms with Crippen LogP contribution in [-0.2, 0) is 9.84 Å². The number of carbonyl (C=O) groups is 1. The molecule has 0 aliphatic rings. The molecule has 2 N–H and O–H groups in total. The van der Waals surface area contributed by atoms with Gasteiger partial charge in [0.1, 0.15) is 15.7 Å². The molecule has 0 unspecified atom stereocenters. The average molecular weight is 320 g/mol. The second kappa shape index (κ2) is 7.44. The molecule has 0 spiro atoms. The molecule has 0 atom stereocenters. The van der Waals surface area contributed by atoms with Crippen molar-refractivity contribution >= 4 is 33.2 Å². The SMILES string of the molecule is CCCNc1ncc(C(=O)NCCS(C)(=O)=O)cc1Cl. The molecule has 0 bridgehead atoms. The molecule has 0 aliphatic heterocycles. The lowest BCUT2D eigenvalue weighted by Gasteiger charge is -2.08. The van der Waals surface area contributed by atoms with E-state index in [1.807, 2.05) is 6.92 Å². The Balaban J connectivity index is 2.63. The highest BCUT2D eigenvalue weighted by atomic mass is 35.5. The average Bonchev–Trinajstić information content (AvgIpc) is 2.35. The van der Waals surface area contributed by atoms with Crippen LogP contribution in [0, 0.1) is 0 Å². The molecular weight excluding hydrogens is 302 g/mol. The van der Waals surface area contributed by atoms with Gasteiger partial charge in [-0.05, 0) is 12.5 Å². The van der Waals surface area contributed by atoms with Gasteiger partial charge in [0.15, 0.2) is 0 Å². The molecule has 1 aromatic rings. The zero-order valence-electron chi connectivity index (χ0n) is 11.4. The van der Waals surface area contributed by atoms with Gasteiger partial charge < -0.3 is 10.6 Å². The Bertz CT molecular complexity index is 575. The molecule has 0 saturated heterocycles. The molecule has 1 aromatic heterocycles. The van der Waals surface area contributed by atoms with Crippen molar-refractivity contribution in [2.45, 2.75) is 13.3 Å². The number of sulfone groups is 1. The summed E-state index contributed by atoms with van der Waals surface area (Å²) < 4.78 is 21.9. The predicted octanol–water partition coefficient (Wildman–Crippen LogP) is 1.33. The van der Waals surface area contributed by atoms with E-state index in [9.17, 15) is 13.2 Å². The Morgan fingerprint density at radius 1 is 1.40 bits per heavy atom. The highest BCUT2D eigenvalue weighted by Gasteiger charge is 2.10. The highest BCUT2D eigenvalue weighted by molar-refractivity contribution is 7.90. The number of nitrogens with one attached hydrogen (secondary N) is 2. The molecule has 0 fully saturated rings. The molecule has 112 valence electrons. The Morgan fingerprint density at radius 3 is 2.65 bits per heavy atom. The molecule has 6 nitrogen and oxygen atoms in total. The van der Waals surface area contributed by atoms with Crippen LogP contribution in [0.2, 0.25) is 5.02 Å². The second-order valence-electron chi connectivity index (χ2n) is 4.37. The maximum atomic E-state index is 11.8. The van der Waals surface area contributed by atoms with Crippen LogP contribution >= 0.6 is 11.6 Å².